The molecule has 0 spiro atoms. The van der Waals surface area contributed by atoms with Crippen LogP contribution in [0, 0.1) is 0 Å². The lowest BCUT2D eigenvalue weighted by Gasteiger charge is -2.26. The van der Waals surface area contributed by atoms with Gasteiger partial charge >= 0.3 is 5.69 Å². The molecule has 0 aromatic carbocycles. The number of ether oxygens (including phenoxy) is 2. The third-order valence-electron chi connectivity index (χ3n) is 4.56. The van der Waals surface area contributed by atoms with E-state index in [4.69, 9.17) is 9.47 Å². The molecular weight excluding hydrogens is 326 g/mol. The van der Waals surface area contributed by atoms with E-state index in [1.165, 1.54) is 11.6 Å². The second-order valence-corrected chi connectivity index (χ2v) is 6.14. The zero-order chi connectivity index (χ0) is 18.0. The Morgan fingerprint density at radius 3 is 2.56 bits per heavy atom. The van der Waals surface area contributed by atoms with Crippen LogP contribution in [0.3, 0.4) is 0 Å². The smallest absolute Gasteiger partial charge is 0.332 e. The summed E-state index contributed by atoms with van der Waals surface area (Å²) in [5.74, 6) is 0.773. The van der Waals surface area contributed by atoms with Gasteiger partial charge in [-0.3, -0.25) is 18.8 Å². The van der Waals surface area contributed by atoms with Gasteiger partial charge in [0.25, 0.3) is 5.56 Å². The van der Waals surface area contributed by atoms with Crippen LogP contribution in [0.4, 0.5) is 0 Å². The predicted molar refractivity (Wildman–Crippen MR) is 92.8 cm³/mol. The molecule has 1 saturated heterocycles. The van der Waals surface area contributed by atoms with E-state index in [1.54, 1.807) is 7.05 Å². The molecule has 9 nitrogen and oxygen atoms in total. The minimum Gasteiger partial charge on any atom is -0.380 e. The monoisotopic (exact) mass is 351 g/mol. The Kier molecular flexibility index (Phi) is 5.36. The van der Waals surface area contributed by atoms with Gasteiger partial charge in [0.15, 0.2) is 11.2 Å². The number of hydrogen-bond donors (Lipinski definition) is 0. The van der Waals surface area contributed by atoms with E-state index in [0.717, 1.165) is 23.5 Å². The van der Waals surface area contributed by atoms with Crippen LogP contribution >= 0.6 is 0 Å². The number of rotatable bonds is 6. The number of nitrogens with zero attached hydrogens (tertiary/aromatic N) is 5. The summed E-state index contributed by atoms with van der Waals surface area (Å²) in [4.78, 5) is 31.7. The number of imidazole rings is 1. The van der Waals surface area contributed by atoms with Crippen molar-refractivity contribution in [3.05, 3.63) is 26.7 Å². The number of fused-ring (bicyclic) bond motifs is 1. The molecule has 9 heteroatoms. The molecule has 25 heavy (non-hydrogen) atoms. The van der Waals surface area contributed by atoms with Crippen LogP contribution in [0.1, 0.15) is 12.7 Å². The number of morpholine rings is 1. The van der Waals surface area contributed by atoms with Crippen LogP contribution in [0.2, 0.25) is 0 Å². The molecule has 0 bridgehead atoms. The van der Waals surface area contributed by atoms with Crippen molar-refractivity contribution in [2.45, 2.75) is 20.0 Å². The summed E-state index contributed by atoms with van der Waals surface area (Å²) in [5, 5.41) is 0. The largest absolute Gasteiger partial charge is 0.380 e. The van der Waals surface area contributed by atoms with E-state index in [9.17, 15) is 9.59 Å². The standard InChI is InChI=1S/C16H25N5O4/c1-4-24-10-7-21-12(11-20-5-8-25-9-6-20)17-14-13(21)15(22)19(3)16(23)18(14)2/h4-11H2,1-3H3. The van der Waals surface area contributed by atoms with E-state index < -0.39 is 0 Å². The second kappa shape index (κ2) is 7.51. The molecule has 2 aromatic rings. The van der Waals surface area contributed by atoms with Crippen molar-refractivity contribution < 1.29 is 9.47 Å². The van der Waals surface area contributed by atoms with Crippen LogP contribution in [0.5, 0.6) is 0 Å². The molecule has 0 amide bonds. The molecule has 2 aromatic heterocycles. The van der Waals surface area contributed by atoms with Crippen LogP contribution in [0.25, 0.3) is 11.2 Å². The van der Waals surface area contributed by atoms with Gasteiger partial charge in [0.1, 0.15) is 5.82 Å². The number of aryl methyl sites for hydroxylation is 1. The molecule has 3 heterocycles. The fourth-order valence-corrected chi connectivity index (χ4v) is 3.11. The highest BCUT2D eigenvalue weighted by atomic mass is 16.5. The molecule has 0 N–H and O–H groups in total. The average Bonchev–Trinajstić information content (AvgIpc) is 2.98. The highest BCUT2D eigenvalue weighted by Gasteiger charge is 2.21. The number of hydrogen-bond acceptors (Lipinski definition) is 6. The van der Waals surface area contributed by atoms with Gasteiger partial charge in [-0.1, -0.05) is 0 Å². The van der Waals surface area contributed by atoms with Gasteiger partial charge in [-0.25, -0.2) is 9.78 Å². The van der Waals surface area contributed by atoms with Crippen molar-refractivity contribution in [2.24, 2.45) is 14.1 Å². The predicted octanol–water partition coefficient (Wildman–Crippen LogP) is -0.698. The lowest BCUT2D eigenvalue weighted by atomic mass is 10.4. The van der Waals surface area contributed by atoms with E-state index in [0.29, 0.717) is 50.7 Å². The van der Waals surface area contributed by atoms with Gasteiger partial charge in [-0.05, 0) is 6.92 Å². The fraction of sp³-hybridized carbons (Fsp3) is 0.688. The molecule has 0 aliphatic carbocycles. The minimum atomic E-state index is -0.370. The first kappa shape index (κ1) is 17.8. The normalized spacial score (nSPS) is 16.0. The Labute approximate surface area is 145 Å². The lowest BCUT2D eigenvalue weighted by Crippen LogP contribution is -2.38. The fourth-order valence-electron chi connectivity index (χ4n) is 3.11. The molecule has 138 valence electrons. The van der Waals surface area contributed by atoms with Crippen LogP contribution in [0.15, 0.2) is 9.59 Å². The maximum absolute atomic E-state index is 12.7. The SMILES string of the molecule is CCOCCn1c(CN2CCOCC2)nc2c1c(=O)n(C)c(=O)n2C. The minimum absolute atomic E-state index is 0.324. The highest BCUT2D eigenvalue weighted by molar-refractivity contribution is 5.71. The second-order valence-electron chi connectivity index (χ2n) is 6.14. The summed E-state index contributed by atoms with van der Waals surface area (Å²) < 4.78 is 15.3. The molecule has 1 fully saturated rings. The van der Waals surface area contributed by atoms with Crippen molar-refractivity contribution in [2.75, 3.05) is 39.5 Å². The molecule has 0 unspecified atom stereocenters. The third kappa shape index (κ3) is 3.39. The Hall–Kier alpha value is -1.97. The van der Waals surface area contributed by atoms with Gasteiger partial charge in [0, 0.05) is 40.3 Å². The lowest BCUT2D eigenvalue weighted by molar-refractivity contribution is 0.0324. The Balaban J connectivity index is 2.08. The average molecular weight is 351 g/mol. The van der Waals surface area contributed by atoms with E-state index >= 15 is 0 Å². The molecule has 0 saturated carbocycles. The van der Waals surface area contributed by atoms with Gasteiger partial charge in [0.2, 0.25) is 0 Å². The summed E-state index contributed by atoms with van der Waals surface area (Å²) in [6.07, 6.45) is 0. The van der Waals surface area contributed by atoms with Crippen molar-refractivity contribution in [1.82, 2.24) is 23.6 Å². The Morgan fingerprint density at radius 2 is 1.88 bits per heavy atom. The quantitative estimate of drug-likeness (QED) is 0.640. The van der Waals surface area contributed by atoms with Gasteiger partial charge in [0.05, 0.1) is 26.4 Å². The highest BCUT2D eigenvalue weighted by Crippen LogP contribution is 2.14. The van der Waals surface area contributed by atoms with Crippen molar-refractivity contribution in [1.29, 1.82) is 0 Å². The summed E-state index contributed by atoms with van der Waals surface area (Å²) in [5.41, 5.74) is 0.181. The Bertz CT molecular complexity index is 860. The first-order chi connectivity index (χ1) is 12.0. The van der Waals surface area contributed by atoms with Crippen LogP contribution in [-0.4, -0.2) is 63.1 Å². The maximum atomic E-state index is 12.7. The maximum Gasteiger partial charge on any atom is 0.332 e. The van der Waals surface area contributed by atoms with E-state index in [1.807, 2.05) is 11.5 Å². The molecule has 0 radical (unpaired) electrons. The van der Waals surface area contributed by atoms with Crippen molar-refractivity contribution in [3.63, 3.8) is 0 Å². The third-order valence-corrected chi connectivity index (χ3v) is 4.56. The van der Waals surface area contributed by atoms with Gasteiger partial charge in [-0.2, -0.15) is 0 Å². The Morgan fingerprint density at radius 1 is 1.16 bits per heavy atom. The molecule has 1 aliphatic heterocycles. The first-order valence-corrected chi connectivity index (χ1v) is 8.57. The molecule has 3 rings (SSSR count). The van der Waals surface area contributed by atoms with E-state index in [-0.39, 0.29) is 11.2 Å². The van der Waals surface area contributed by atoms with Gasteiger partial charge in [-0.15, -0.1) is 0 Å². The molecular formula is C16H25N5O4. The van der Waals surface area contributed by atoms with E-state index in [2.05, 4.69) is 9.88 Å². The van der Waals surface area contributed by atoms with Crippen molar-refractivity contribution in [3.8, 4) is 0 Å². The topological polar surface area (TPSA) is 83.5 Å². The first-order valence-electron chi connectivity index (χ1n) is 8.57. The molecule has 1 aliphatic rings. The summed E-state index contributed by atoms with van der Waals surface area (Å²) in [7, 11) is 3.13. The zero-order valence-electron chi connectivity index (χ0n) is 15.0. The summed E-state index contributed by atoms with van der Waals surface area (Å²) >= 11 is 0. The van der Waals surface area contributed by atoms with Crippen LogP contribution in [-0.2, 0) is 36.7 Å². The molecule has 0 atom stereocenters. The number of aromatic nitrogens is 4. The van der Waals surface area contributed by atoms with Crippen molar-refractivity contribution >= 4 is 11.2 Å². The van der Waals surface area contributed by atoms with Crippen LogP contribution < -0.4 is 11.2 Å². The zero-order valence-corrected chi connectivity index (χ0v) is 15.0. The summed E-state index contributed by atoms with van der Waals surface area (Å²) in [6, 6.07) is 0. The van der Waals surface area contributed by atoms with Gasteiger partial charge < -0.3 is 14.0 Å². The summed E-state index contributed by atoms with van der Waals surface area (Å²) in [6.45, 7) is 7.21.